The summed E-state index contributed by atoms with van der Waals surface area (Å²) in [7, 11) is 1.65. The average Bonchev–Trinajstić information content (AvgIpc) is 2.39. The molecule has 0 aliphatic carbocycles. The minimum Gasteiger partial charge on any atom is -0.496 e. The van der Waals surface area contributed by atoms with Crippen LogP contribution in [0.5, 0.6) is 5.75 Å². The second-order valence-electron chi connectivity index (χ2n) is 3.50. The lowest BCUT2D eigenvalue weighted by Gasteiger charge is -2.08. The average molecular weight is 249 g/mol. The van der Waals surface area contributed by atoms with Gasteiger partial charge in [-0.25, -0.2) is 9.97 Å². The highest BCUT2D eigenvalue weighted by atomic mass is 35.5. The Morgan fingerprint density at radius 3 is 2.82 bits per heavy atom. The molecule has 0 saturated heterocycles. The SMILES string of the molecule is COc1ccccc1-c1ccnc(CCCl)n1. The summed E-state index contributed by atoms with van der Waals surface area (Å²) in [5, 5.41) is 0. The predicted octanol–water partition coefficient (Wildman–Crippen LogP) is 2.93. The third-order valence-electron chi connectivity index (χ3n) is 2.41. The van der Waals surface area contributed by atoms with Crippen molar-refractivity contribution in [2.24, 2.45) is 0 Å². The number of aryl methyl sites for hydroxylation is 1. The summed E-state index contributed by atoms with van der Waals surface area (Å²) in [5.74, 6) is 2.08. The van der Waals surface area contributed by atoms with Gasteiger partial charge in [0, 0.05) is 24.1 Å². The first-order chi connectivity index (χ1) is 8.35. The lowest BCUT2D eigenvalue weighted by atomic mass is 10.1. The summed E-state index contributed by atoms with van der Waals surface area (Å²) in [5.41, 5.74) is 1.82. The number of methoxy groups -OCH3 is 1. The number of aromatic nitrogens is 2. The highest BCUT2D eigenvalue weighted by molar-refractivity contribution is 6.17. The van der Waals surface area contributed by atoms with Crippen molar-refractivity contribution in [3.63, 3.8) is 0 Å². The van der Waals surface area contributed by atoms with Crippen molar-refractivity contribution in [3.8, 4) is 17.0 Å². The van der Waals surface area contributed by atoms with Crippen molar-refractivity contribution in [2.75, 3.05) is 13.0 Å². The fourth-order valence-corrected chi connectivity index (χ4v) is 1.78. The van der Waals surface area contributed by atoms with Crippen molar-refractivity contribution in [1.82, 2.24) is 9.97 Å². The molecule has 88 valence electrons. The zero-order valence-corrected chi connectivity index (χ0v) is 10.3. The molecule has 0 saturated carbocycles. The van der Waals surface area contributed by atoms with E-state index in [1.807, 2.05) is 30.3 Å². The van der Waals surface area contributed by atoms with Crippen LogP contribution in [-0.2, 0) is 6.42 Å². The van der Waals surface area contributed by atoms with E-state index >= 15 is 0 Å². The number of nitrogens with zero attached hydrogens (tertiary/aromatic N) is 2. The van der Waals surface area contributed by atoms with Crippen LogP contribution in [-0.4, -0.2) is 23.0 Å². The van der Waals surface area contributed by atoms with Crippen molar-refractivity contribution in [1.29, 1.82) is 0 Å². The molecule has 0 fully saturated rings. The number of halogens is 1. The number of benzene rings is 1. The highest BCUT2D eigenvalue weighted by Gasteiger charge is 2.07. The molecule has 0 atom stereocenters. The topological polar surface area (TPSA) is 35.0 Å². The van der Waals surface area contributed by atoms with Crippen molar-refractivity contribution >= 4 is 11.6 Å². The van der Waals surface area contributed by atoms with Gasteiger partial charge in [-0.15, -0.1) is 11.6 Å². The molecular formula is C13H13ClN2O. The fourth-order valence-electron chi connectivity index (χ4n) is 1.61. The van der Waals surface area contributed by atoms with Gasteiger partial charge in [-0.3, -0.25) is 0 Å². The Morgan fingerprint density at radius 1 is 1.24 bits per heavy atom. The number of rotatable bonds is 4. The first-order valence-electron chi connectivity index (χ1n) is 5.36. The van der Waals surface area contributed by atoms with Gasteiger partial charge in [-0.05, 0) is 18.2 Å². The molecule has 1 heterocycles. The molecule has 0 spiro atoms. The van der Waals surface area contributed by atoms with Crippen LogP contribution in [0.2, 0.25) is 0 Å². The normalized spacial score (nSPS) is 10.2. The molecule has 0 aliphatic rings. The van der Waals surface area contributed by atoms with E-state index in [-0.39, 0.29) is 0 Å². The van der Waals surface area contributed by atoms with Crippen molar-refractivity contribution in [3.05, 3.63) is 42.4 Å². The van der Waals surface area contributed by atoms with E-state index in [4.69, 9.17) is 16.3 Å². The number of hydrogen-bond donors (Lipinski definition) is 0. The molecule has 17 heavy (non-hydrogen) atoms. The molecule has 0 unspecified atom stereocenters. The molecule has 2 rings (SSSR count). The van der Waals surface area contributed by atoms with E-state index in [9.17, 15) is 0 Å². The first kappa shape index (κ1) is 11.9. The third kappa shape index (κ3) is 2.74. The second-order valence-corrected chi connectivity index (χ2v) is 3.88. The molecule has 1 aromatic carbocycles. The van der Waals surface area contributed by atoms with Crippen LogP contribution in [0.1, 0.15) is 5.82 Å². The predicted molar refractivity (Wildman–Crippen MR) is 68.4 cm³/mol. The van der Waals surface area contributed by atoms with Crippen LogP contribution in [0.4, 0.5) is 0 Å². The Balaban J connectivity index is 2.41. The Kier molecular flexibility index (Phi) is 3.94. The van der Waals surface area contributed by atoms with Gasteiger partial charge in [0.15, 0.2) is 0 Å². The summed E-state index contributed by atoms with van der Waals surface area (Å²) in [6.45, 7) is 0. The van der Waals surface area contributed by atoms with E-state index in [0.717, 1.165) is 22.8 Å². The highest BCUT2D eigenvalue weighted by Crippen LogP contribution is 2.27. The Morgan fingerprint density at radius 2 is 2.06 bits per heavy atom. The summed E-state index contributed by atoms with van der Waals surface area (Å²) in [6, 6.07) is 9.66. The summed E-state index contributed by atoms with van der Waals surface area (Å²) in [6.07, 6.45) is 2.42. The maximum Gasteiger partial charge on any atom is 0.130 e. The molecule has 0 radical (unpaired) electrons. The minimum absolute atomic E-state index is 0.523. The van der Waals surface area contributed by atoms with Gasteiger partial charge in [-0.2, -0.15) is 0 Å². The molecule has 0 amide bonds. The zero-order valence-electron chi connectivity index (χ0n) is 9.56. The lowest BCUT2D eigenvalue weighted by Crippen LogP contribution is -1.98. The van der Waals surface area contributed by atoms with Crippen LogP contribution in [0.3, 0.4) is 0 Å². The maximum atomic E-state index is 5.69. The standard InChI is InChI=1S/C13H13ClN2O/c1-17-12-5-3-2-4-10(12)11-7-9-15-13(16-11)6-8-14/h2-5,7,9H,6,8H2,1H3. The van der Waals surface area contributed by atoms with Gasteiger partial charge in [0.05, 0.1) is 12.8 Å². The van der Waals surface area contributed by atoms with Crippen molar-refractivity contribution in [2.45, 2.75) is 6.42 Å². The molecule has 0 N–H and O–H groups in total. The quantitative estimate of drug-likeness (QED) is 0.781. The van der Waals surface area contributed by atoms with E-state index in [1.165, 1.54) is 0 Å². The Labute approximate surface area is 105 Å². The molecular weight excluding hydrogens is 236 g/mol. The van der Waals surface area contributed by atoms with Crippen LogP contribution in [0.15, 0.2) is 36.5 Å². The summed E-state index contributed by atoms with van der Waals surface area (Å²) >= 11 is 5.69. The zero-order chi connectivity index (χ0) is 12.1. The Bertz CT molecular complexity index is 502. The largest absolute Gasteiger partial charge is 0.496 e. The molecule has 0 bridgehead atoms. The number of hydrogen-bond acceptors (Lipinski definition) is 3. The van der Waals surface area contributed by atoms with Gasteiger partial charge in [-0.1, -0.05) is 12.1 Å². The van der Waals surface area contributed by atoms with Gasteiger partial charge < -0.3 is 4.74 Å². The van der Waals surface area contributed by atoms with Crippen LogP contribution in [0.25, 0.3) is 11.3 Å². The second kappa shape index (κ2) is 5.64. The van der Waals surface area contributed by atoms with E-state index in [1.54, 1.807) is 13.3 Å². The van der Waals surface area contributed by atoms with Crippen LogP contribution in [0, 0.1) is 0 Å². The first-order valence-corrected chi connectivity index (χ1v) is 5.90. The van der Waals surface area contributed by atoms with E-state index in [2.05, 4.69) is 9.97 Å². The third-order valence-corrected chi connectivity index (χ3v) is 2.60. The smallest absolute Gasteiger partial charge is 0.130 e. The molecule has 3 nitrogen and oxygen atoms in total. The van der Waals surface area contributed by atoms with Gasteiger partial charge in [0.25, 0.3) is 0 Å². The van der Waals surface area contributed by atoms with Crippen molar-refractivity contribution < 1.29 is 4.74 Å². The van der Waals surface area contributed by atoms with Gasteiger partial charge >= 0.3 is 0 Å². The number of ether oxygens (including phenoxy) is 1. The Hall–Kier alpha value is -1.61. The minimum atomic E-state index is 0.523. The fraction of sp³-hybridized carbons (Fsp3) is 0.231. The molecule has 0 aliphatic heterocycles. The van der Waals surface area contributed by atoms with Crippen LogP contribution < -0.4 is 4.74 Å². The van der Waals surface area contributed by atoms with E-state index < -0.39 is 0 Å². The van der Waals surface area contributed by atoms with E-state index in [0.29, 0.717) is 12.3 Å². The molecule has 4 heteroatoms. The summed E-state index contributed by atoms with van der Waals surface area (Å²) in [4.78, 5) is 8.64. The van der Waals surface area contributed by atoms with Crippen LogP contribution >= 0.6 is 11.6 Å². The van der Waals surface area contributed by atoms with Gasteiger partial charge in [0.2, 0.25) is 0 Å². The lowest BCUT2D eigenvalue weighted by molar-refractivity contribution is 0.416. The van der Waals surface area contributed by atoms with Gasteiger partial charge in [0.1, 0.15) is 11.6 Å². The number of para-hydroxylation sites is 1. The summed E-state index contributed by atoms with van der Waals surface area (Å²) < 4.78 is 5.31. The monoisotopic (exact) mass is 248 g/mol. The molecule has 1 aromatic heterocycles. The maximum absolute atomic E-state index is 5.69. The molecule has 2 aromatic rings. The number of alkyl halides is 1.